The molecule has 82 valence electrons. The third-order valence-corrected chi connectivity index (χ3v) is 3.20. The summed E-state index contributed by atoms with van der Waals surface area (Å²) >= 11 is 5.91. The highest BCUT2D eigenvalue weighted by Crippen LogP contribution is 2.31. The smallest absolute Gasteiger partial charge is 0.292 e. The van der Waals surface area contributed by atoms with Gasteiger partial charge in [0, 0.05) is 23.2 Å². The number of aromatic nitrogens is 2. The Morgan fingerprint density at radius 1 is 1.44 bits per heavy atom. The van der Waals surface area contributed by atoms with Gasteiger partial charge in [0.25, 0.3) is 0 Å². The van der Waals surface area contributed by atoms with Gasteiger partial charge in [-0.15, -0.1) is 0 Å². The van der Waals surface area contributed by atoms with Crippen molar-refractivity contribution in [2.75, 3.05) is 0 Å². The molecule has 1 aliphatic carbocycles. The van der Waals surface area contributed by atoms with Crippen LogP contribution in [0.25, 0.3) is 10.9 Å². The van der Waals surface area contributed by atoms with E-state index in [2.05, 4.69) is 4.98 Å². The third-order valence-electron chi connectivity index (χ3n) is 2.96. The molecule has 0 radical (unpaired) electrons. The van der Waals surface area contributed by atoms with Gasteiger partial charge in [0.2, 0.25) is 0 Å². The Balaban J connectivity index is 2.22. The number of hydrogen-bond donors (Lipinski definition) is 0. The molecule has 3 rings (SSSR count). The van der Waals surface area contributed by atoms with Crippen LogP contribution in [-0.4, -0.2) is 9.55 Å². The zero-order chi connectivity index (χ0) is 11.1. The first-order valence-corrected chi connectivity index (χ1v) is 5.77. The standard InChI is InChI=1S/C12H11ClN2O/c13-10-3-4-11-9(5-10)6-14-12(16)15(11)7-8-1-2-8/h3-6,8H,1-2,7H2. The number of nitrogens with zero attached hydrogens (tertiary/aromatic N) is 2. The van der Waals surface area contributed by atoms with Gasteiger partial charge in [0.1, 0.15) is 0 Å². The monoisotopic (exact) mass is 234 g/mol. The van der Waals surface area contributed by atoms with Crippen molar-refractivity contribution in [1.82, 2.24) is 9.55 Å². The van der Waals surface area contributed by atoms with E-state index in [1.54, 1.807) is 10.8 Å². The predicted molar refractivity (Wildman–Crippen MR) is 63.7 cm³/mol. The maximum atomic E-state index is 11.7. The van der Waals surface area contributed by atoms with E-state index in [0.29, 0.717) is 10.9 Å². The van der Waals surface area contributed by atoms with Crippen molar-refractivity contribution in [3.05, 3.63) is 39.9 Å². The molecule has 0 unspecified atom stereocenters. The molecule has 16 heavy (non-hydrogen) atoms. The van der Waals surface area contributed by atoms with E-state index in [0.717, 1.165) is 17.4 Å². The van der Waals surface area contributed by atoms with Crippen molar-refractivity contribution < 1.29 is 0 Å². The van der Waals surface area contributed by atoms with Crippen molar-refractivity contribution in [2.24, 2.45) is 5.92 Å². The Labute approximate surface area is 97.7 Å². The molecule has 1 fully saturated rings. The lowest BCUT2D eigenvalue weighted by Crippen LogP contribution is -2.23. The summed E-state index contributed by atoms with van der Waals surface area (Å²) in [4.78, 5) is 15.6. The fourth-order valence-corrected chi connectivity index (χ4v) is 2.09. The number of fused-ring (bicyclic) bond motifs is 1. The van der Waals surface area contributed by atoms with Crippen LogP contribution in [0.2, 0.25) is 5.02 Å². The maximum absolute atomic E-state index is 11.7. The lowest BCUT2D eigenvalue weighted by Gasteiger charge is -2.08. The molecule has 1 aromatic heterocycles. The first kappa shape index (κ1) is 9.85. The average Bonchev–Trinajstić information content (AvgIpc) is 3.06. The minimum Gasteiger partial charge on any atom is -0.292 e. The van der Waals surface area contributed by atoms with Crippen LogP contribution in [0.4, 0.5) is 0 Å². The van der Waals surface area contributed by atoms with Crippen molar-refractivity contribution in [3.63, 3.8) is 0 Å². The van der Waals surface area contributed by atoms with Crippen molar-refractivity contribution in [1.29, 1.82) is 0 Å². The normalized spacial score (nSPS) is 15.6. The molecule has 0 spiro atoms. The first-order chi connectivity index (χ1) is 7.74. The molecule has 0 atom stereocenters. The molecule has 3 nitrogen and oxygen atoms in total. The highest BCUT2D eigenvalue weighted by Gasteiger charge is 2.23. The SMILES string of the molecule is O=c1ncc2cc(Cl)ccc2n1CC1CC1. The second kappa shape index (κ2) is 3.59. The Hall–Kier alpha value is -1.35. The molecule has 0 saturated heterocycles. The van der Waals surface area contributed by atoms with Crippen LogP contribution in [0, 0.1) is 5.92 Å². The van der Waals surface area contributed by atoms with Crippen LogP contribution in [0.3, 0.4) is 0 Å². The van der Waals surface area contributed by atoms with Crippen LogP contribution in [0.1, 0.15) is 12.8 Å². The van der Waals surface area contributed by atoms with Gasteiger partial charge in [-0.1, -0.05) is 11.6 Å². The zero-order valence-electron chi connectivity index (χ0n) is 8.69. The largest absolute Gasteiger partial charge is 0.348 e. The molecule has 0 N–H and O–H groups in total. The molecular formula is C12H11ClN2O. The quantitative estimate of drug-likeness (QED) is 0.800. The summed E-state index contributed by atoms with van der Waals surface area (Å²) < 4.78 is 1.75. The van der Waals surface area contributed by atoms with Crippen molar-refractivity contribution in [3.8, 4) is 0 Å². The van der Waals surface area contributed by atoms with Crippen molar-refractivity contribution in [2.45, 2.75) is 19.4 Å². The first-order valence-electron chi connectivity index (χ1n) is 5.39. The van der Waals surface area contributed by atoms with Gasteiger partial charge < -0.3 is 0 Å². The summed E-state index contributed by atoms with van der Waals surface area (Å²) in [6.07, 6.45) is 4.03. The Bertz CT molecular complexity index is 601. The highest BCUT2D eigenvalue weighted by molar-refractivity contribution is 6.31. The van der Waals surface area contributed by atoms with Crippen molar-refractivity contribution >= 4 is 22.5 Å². The lowest BCUT2D eigenvalue weighted by atomic mass is 10.2. The van der Waals surface area contributed by atoms with E-state index in [4.69, 9.17) is 11.6 Å². The molecule has 1 saturated carbocycles. The summed E-state index contributed by atoms with van der Waals surface area (Å²) in [6, 6.07) is 5.54. The second-order valence-corrected chi connectivity index (χ2v) is 4.73. The predicted octanol–water partition coefficient (Wildman–Crippen LogP) is 2.46. The summed E-state index contributed by atoms with van der Waals surface area (Å²) in [7, 11) is 0. The van der Waals surface area contributed by atoms with E-state index in [9.17, 15) is 4.79 Å². The fraction of sp³-hybridized carbons (Fsp3) is 0.333. The van der Waals surface area contributed by atoms with E-state index >= 15 is 0 Å². The number of hydrogen-bond acceptors (Lipinski definition) is 2. The molecule has 0 amide bonds. The molecule has 1 heterocycles. The van der Waals surface area contributed by atoms with Crippen LogP contribution < -0.4 is 5.69 Å². The number of rotatable bonds is 2. The Kier molecular flexibility index (Phi) is 2.21. The number of halogens is 1. The Morgan fingerprint density at radius 3 is 3.00 bits per heavy atom. The van der Waals surface area contributed by atoms with Gasteiger partial charge >= 0.3 is 5.69 Å². The van der Waals surface area contributed by atoms with E-state index < -0.39 is 0 Å². The average molecular weight is 235 g/mol. The van der Waals surface area contributed by atoms with Gasteiger partial charge in [-0.3, -0.25) is 4.57 Å². The van der Waals surface area contributed by atoms with Gasteiger partial charge in [-0.2, -0.15) is 0 Å². The summed E-state index contributed by atoms with van der Waals surface area (Å²) in [5, 5.41) is 1.60. The van der Waals surface area contributed by atoms with Gasteiger partial charge in [0.15, 0.2) is 0 Å². The van der Waals surface area contributed by atoms with E-state index in [1.165, 1.54) is 12.8 Å². The fourth-order valence-electron chi connectivity index (χ4n) is 1.91. The molecule has 0 bridgehead atoms. The Morgan fingerprint density at radius 2 is 2.25 bits per heavy atom. The van der Waals surface area contributed by atoms with Crippen LogP contribution >= 0.6 is 11.6 Å². The van der Waals surface area contributed by atoms with Crippen LogP contribution in [0.15, 0.2) is 29.2 Å². The summed E-state index contributed by atoms with van der Waals surface area (Å²) in [6.45, 7) is 0.783. The molecule has 1 aliphatic rings. The highest BCUT2D eigenvalue weighted by atomic mass is 35.5. The maximum Gasteiger partial charge on any atom is 0.348 e. The topological polar surface area (TPSA) is 34.9 Å². The minimum absolute atomic E-state index is 0.165. The van der Waals surface area contributed by atoms with Gasteiger partial charge in [-0.25, -0.2) is 9.78 Å². The van der Waals surface area contributed by atoms with E-state index in [1.807, 2.05) is 18.2 Å². The summed E-state index contributed by atoms with van der Waals surface area (Å²) in [5.41, 5.74) is 0.762. The lowest BCUT2D eigenvalue weighted by molar-refractivity contribution is 0.613. The minimum atomic E-state index is -0.165. The molecule has 2 aromatic rings. The third kappa shape index (κ3) is 1.71. The molecule has 4 heteroatoms. The molecule has 0 aliphatic heterocycles. The van der Waals surface area contributed by atoms with E-state index in [-0.39, 0.29) is 5.69 Å². The van der Waals surface area contributed by atoms with Crippen LogP contribution in [-0.2, 0) is 6.54 Å². The number of benzene rings is 1. The zero-order valence-corrected chi connectivity index (χ0v) is 9.44. The summed E-state index contributed by atoms with van der Waals surface area (Å²) in [5.74, 6) is 0.653. The molecule has 1 aromatic carbocycles. The van der Waals surface area contributed by atoms with Crippen LogP contribution in [0.5, 0.6) is 0 Å². The van der Waals surface area contributed by atoms with Gasteiger partial charge in [0.05, 0.1) is 5.52 Å². The molecular weight excluding hydrogens is 224 g/mol. The second-order valence-electron chi connectivity index (χ2n) is 4.30. The van der Waals surface area contributed by atoms with Gasteiger partial charge in [-0.05, 0) is 37.0 Å².